The number of hydrogen-bond donors (Lipinski definition) is 4. The maximum absolute atomic E-state index is 13.2. The lowest BCUT2D eigenvalue weighted by atomic mass is 10.1. The molecule has 1 aliphatic rings. The second-order valence-electron chi connectivity index (χ2n) is 8.14. The van der Waals surface area contributed by atoms with Crippen molar-refractivity contribution in [3.05, 3.63) is 42.0 Å². The van der Waals surface area contributed by atoms with Gasteiger partial charge in [0, 0.05) is 51.5 Å². The third-order valence-corrected chi connectivity index (χ3v) is 6.82. The van der Waals surface area contributed by atoms with E-state index < -0.39 is 22.2 Å². The third kappa shape index (κ3) is 9.17. The zero-order valence-electron chi connectivity index (χ0n) is 22.0. The second-order valence-corrected chi connectivity index (χ2v) is 9.83. The van der Waals surface area contributed by atoms with Crippen LogP contribution in [0.4, 0.5) is 24.5 Å². The largest absolute Gasteiger partial charge is 0.493 e. The lowest BCUT2D eigenvalue weighted by Gasteiger charge is -2.31. The number of hydrogen-bond acceptors (Lipinski definition) is 9. The van der Waals surface area contributed by atoms with Gasteiger partial charge < -0.3 is 34.9 Å². The van der Waals surface area contributed by atoms with Gasteiger partial charge in [-0.3, -0.25) is 9.52 Å². The minimum absolute atomic E-state index is 0.0151. The first-order chi connectivity index (χ1) is 18.8. The highest BCUT2D eigenvalue weighted by Crippen LogP contribution is 2.33. The molecule has 222 valence electrons. The number of benzene rings is 2. The van der Waals surface area contributed by atoms with Crippen LogP contribution < -0.4 is 29.7 Å². The molecule has 4 N–H and O–H groups in total. The van der Waals surface area contributed by atoms with Crippen LogP contribution in [0.2, 0.25) is 0 Å². The molecule has 0 saturated carbocycles. The summed E-state index contributed by atoms with van der Waals surface area (Å²) >= 11 is 0. The fourth-order valence-electron chi connectivity index (χ4n) is 3.50. The smallest absolute Gasteiger partial charge is 0.490 e. The van der Waals surface area contributed by atoms with Gasteiger partial charge in [0.2, 0.25) is 0 Å². The molecule has 1 aliphatic heterocycles. The van der Waals surface area contributed by atoms with Gasteiger partial charge in [-0.25, -0.2) is 13.2 Å². The van der Waals surface area contributed by atoms with Crippen molar-refractivity contribution in [2.45, 2.75) is 11.1 Å². The van der Waals surface area contributed by atoms with E-state index in [-0.39, 0.29) is 10.8 Å². The van der Waals surface area contributed by atoms with Crippen LogP contribution in [0.3, 0.4) is 0 Å². The van der Waals surface area contributed by atoms with E-state index in [1.54, 1.807) is 25.3 Å². The average molecular weight is 593 g/mol. The van der Waals surface area contributed by atoms with Gasteiger partial charge in [-0.1, -0.05) is 0 Å². The fourth-order valence-corrected chi connectivity index (χ4v) is 4.58. The Bertz CT molecular complexity index is 1270. The number of alkyl halides is 3. The number of aliphatic carboxylic acids is 1. The van der Waals surface area contributed by atoms with E-state index in [0.29, 0.717) is 54.7 Å². The van der Waals surface area contributed by atoms with Crippen LogP contribution in [0.15, 0.2) is 41.3 Å². The average Bonchev–Trinajstić information content (AvgIpc) is 2.92. The van der Waals surface area contributed by atoms with Crippen LogP contribution in [-0.4, -0.2) is 92.2 Å². The summed E-state index contributed by atoms with van der Waals surface area (Å²) in [5.74, 6) is -2.35. The van der Waals surface area contributed by atoms with Gasteiger partial charge in [0.05, 0.1) is 37.1 Å². The summed E-state index contributed by atoms with van der Waals surface area (Å²) in [5.41, 5.74) is 1.37. The number of methoxy groups -OCH3 is 3. The molecule has 16 heteroatoms. The molecule has 0 spiro atoms. The van der Waals surface area contributed by atoms with Gasteiger partial charge >= 0.3 is 12.1 Å². The molecule has 0 bridgehead atoms. The molecule has 12 nitrogen and oxygen atoms in total. The van der Waals surface area contributed by atoms with Gasteiger partial charge in [-0.05, 0) is 30.3 Å². The number of piperazine rings is 1. The van der Waals surface area contributed by atoms with E-state index in [2.05, 4.69) is 20.3 Å². The van der Waals surface area contributed by atoms with Gasteiger partial charge in [-0.2, -0.15) is 13.2 Å². The molecule has 1 fully saturated rings. The van der Waals surface area contributed by atoms with E-state index in [1.165, 1.54) is 32.4 Å². The van der Waals surface area contributed by atoms with Crippen LogP contribution in [0.25, 0.3) is 0 Å². The Balaban J connectivity index is 0.000000708. The zero-order chi connectivity index (χ0) is 29.9. The highest BCUT2D eigenvalue weighted by atomic mass is 32.2. The first kappa shape index (κ1) is 32.5. The van der Waals surface area contributed by atoms with Crippen molar-refractivity contribution < 1.29 is 50.5 Å². The number of carbonyl (C=O) groups excluding carboxylic acids is 1. The number of carbonyl (C=O) groups is 2. The predicted octanol–water partition coefficient (Wildman–Crippen LogP) is 1.92. The van der Waals surface area contributed by atoms with Crippen molar-refractivity contribution in [1.82, 2.24) is 10.6 Å². The number of rotatable bonds is 10. The summed E-state index contributed by atoms with van der Waals surface area (Å²) in [7, 11) is 0.496. The van der Waals surface area contributed by atoms with Crippen molar-refractivity contribution in [2.24, 2.45) is 0 Å². The van der Waals surface area contributed by atoms with E-state index >= 15 is 0 Å². The number of sulfonamides is 1. The summed E-state index contributed by atoms with van der Waals surface area (Å²) in [5, 5.41) is 13.2. The molecule has 1 saturated heterocycles. The number of amides is 1. The van der Waals surface area contributed by atoms with Crippen molar-refractivity contribution in [2.75, 3.05) is 70.3 Å². The highest BCUT2D eigenvalue weighted by Gasteiger charge is 2.38. The first-order valence-corrected chi connectivity index (χ1v) is 13.2. The van der Waals surface area contributed by atoms with Gasteiger partial charge in [0.25, 0.3) is 15.9 Å². The van der Waals surface area contributed by atoms with Crippen molar-refractivity contribution in [3.8, 4) is 11.5 Å². The number of carboxylic acid groups (broad SMARTS) is 1. The van der Waals surface area contributed by atoms with E-state index in [4.69, 9.17) is 24.1 Å². The Morgan fingerprint density at radius 3 is 2.20 bits per heavy atom. The topological polar surface area (TPSA) is 156 Å². The van der Waals surface area contributed by atoms with Crippen LogP contribution in [-0.2, 0) is 19.6 Å². The number of nitrogens with one attached hydrogen (secondary N) is 3. The van der Waals surface area contributed by atoms with Crippen LogP contribution in [0, 0.1) is 0 Å². The maximum Gasteiger partial charge on any atom is 0.490 e. The van der Waals surface area contributed by atoms with Gasteiger partial charge in [0.1, 0.15) is 0 Å². The maximum atomic E-state index is 13.2. The lowest BCUT2D eigenvalue weighted by molar-refractivity contribution is -0.192. The second kappa shape index (κ2) is 14.6. The third-order valence-electron chi connectivity index (χ3n) is 5.46. The van der Waals surface area contributed by atoms with Crippen molar-refractivity contribution >= 4 is 33.3 Å². The number of ether oxygens (including phenoxy) is 3. The summed E-state index contributed by atoms with van der Waals surface area (Å²) in [6.07, 6.45) is -5.08. The summed E-state index contributed by atoms with van der Waals surface area (Å²) in [6.45, 7) is 3.71. The molecule has 3 rings (SSSR count). The minimum atomic E-state index is -5.08. The molecule has 1 heterocycles. The van der Waals surface area contributed by atoms with Crippen LogP contribution in [0.5, 0.6) is 11.5 Å². The molecule has 0 aliphatic carbocycles. The molecule has 0 unspecified atom stereocenters. The van der Waals surface area contributed by atoms with Crippen molar-refractivity contribution in [3.63, 3.8) is 0 Å². The Kier molecular flexibility index (Phi) is 11.8. The quantitative estimate of drug-likeness (QED) is 0.301. The molecule has 40 heavy (non-hydrogen) atoms. The SMILES string of the molecule is COCCNC(=O)c1ccc(N2CCNCC2)c(NS(=O)(=O)c2ccc(OC)c(OC)c2)c1.O=C(O)C(F)(F)F. The lowest BCUT2D eigenvalue weighted by Crippen LogP contribution is -2.43. The number of nitrogens with zero attached hydrogens (tertiary/aromatic N) is 1. The fraction of sp³-hybridized carbons (Fsp3) is 0.417. The van der Waals surface area contributed by atoms with Crippen LogP contribution >= 0.6 is 0 Å². The Morgan fingerprint density at radius 2 is 1.65 bits per heavy atom. The number of halogens is 3. The normalized spacial score (nSPS) is 13.5. The monoisotopic (exact) mass is 592 g/mol. The molecule has 0 aromatic heterocycles. The summed E-state index contributed by atoms with van der Waals surface area (Å²) < 4.78 is 76.3. The van der Waals surface area contributed by atoms with Crippen LogP contribution in [0.1, 0.15) is 10.4 Å². The molecular formula is C24H31F3N4O8S. The zero-order valence-corrected chi connectivity index (χ0v) is 22.8. The van der Waals surface area contributed by atoms with E-state index in [9.17, 15) is 26.4 Å². The molecule has 2 aromatic rings. The summed E-state index contributed by atoms with van der Waals surface area (Å²) in [4.78, 5) is 23.5. The standard InChI is InChI=1S/C22H30N4O6S.C2HF3O2/c1-30-13-10-24-22(27)16-4-6-19(26-11-8-23-9-12-26)18(14-16)25-33(28,29)17-5-7-20(31-2)21(15-17)32-3;3-2(4,5)1(6)7/h4-7,14-15,23,25H,8-13H2,1-3H3,(H,24,27);(H,6,7). The minimum Gasteiger partial charge on any atom is -0.493 e. The molecule has 1 amide bonds. The van der Waals surface area contributed by atoms with Gasteiger partial charge in [0.15, 0.2) is 11.5 Å². The Labute approximate surface area is 229 Å². The molecule has 0 radical (unpaired) electrons. The predicted molar refractivity (Wildman–Crippen MR) is 140 cm³/mol. The summed E-state index contributed by atoms with van der Waals surface area (Å²) in [6, 6.07) is 9.38. The first-order valence-electron chi connectivity index (χ1n) is 11.8. The van der Waals surface area contributed by atoms with Crippen molar-refractivity contribution in [1.29, 1.82) is 0 Å². The number of anilines is 2. The molecular weight excluding hydrogens is 561 g/mol. The Hall–Kier alpha value is -3.76. The number of carboxylic acids is 1. The van der Waals surface area contributed by atoms with E-state index in [0.717, 1.165) is 13.1 Å². The highest BCUT2D eigenvalue weighted by molar-refractivity contribution is 7.92. The van der Waals surface area contributed by atoms with Gasteiger partial charge in [-0.15, -0.1) is 0 Å². The molecule has 2 aromatic carbocycles. The Morgan fingerprint density at radius 1 is 1.02 bits per heavy atom. The van der Waals surface area contributed by atoms with E-state index in [1.807, 2.05) is 0 Å². The molecule has 0 atom stereocenters.